The molecular formula is C36H54F2O5S. The highest BCUT2D eigenvalue weighted by atomic mass is 32.2. The fourth-order valence-corrected chi connectivity index (χ4v) is 13.9. The topological polar surface area (TPSA) is 83.8 Å². The summed E-state index contributed by atoms with van der Waals surface area (Å²) in [6, 6.07) is 8.66. The summed E-state index contributed by atoms with van der Waals surface area (Å²) < 4.78 is 59.3. The number of benzene rings is 1. The summed E-state index contributed by atoms with van der Waals surface area (Å²) in [5.41, 5.74) is -0.881. The molecule has 10 atom stereocenters. The van der Waals surface area contributed by atoms with E-state index in [1.54, 1.807) is 24.3 Å². The van der Waals surface area contributed by atoms with E-state index in [0.717, 1.165) is 38.5 Å². The predicted molar refractivity (Wildman–Crippen MR) is 167 cm³/mol. The standard InChI is InChI=1S/C36H54F2O5S/c1-23(29-11-12-30-28-10-9-24-21-25(39)13-17-34(24,2)31(28)16-18-35(29,30)3)32(44(41,42)27-7-5-4-6-8-27)22-36(40)19-14-26(15-20-36)43-33(37)38/h4-8,23-26,28-33,39-40H,9-22H2,1-3H3/t23-,24?,25-,26?,28-,29+,30-,31?,32?,34-,35+,36?/m0/s1. The lowest BCUT2D eigenvalue weighted by Gasteiger charge is -2.61. The van der Waals surface area contributed by atoms with Crippen LogP contribution in [0.1, 0.15) is 111 Å². The molecule has 44 heavy (non-hydrogen) atoms. The van der Waals surface area contributed by atoms with Gasteiger partial charge in [0, 0.05) is 0 Å². The summed E-state index contributed by atoms with van der Waals surface area (Å²) in [4.78, 5) is 0.296. The van der Waals surface area contributed by atoms with Gasteiger partial charge in [-0.25, -0.2) is 8.42 Å². The van der Waals surface area contributed by atoms with Gasteiger partial charge in [0.05, 0.1) is 28.0 Å². The molecule has 5 fully saturated rings. The molecule has 5 aliphatic rings. The number of hydrogen-bond acceptors (Lipinski definition) is 5. The molecule has 0 saturated heterocycles. The van der Waals surface area contributed by atoms with Crippen molar-refractivity contribution in [3.8, 4) is 0 Å². The summed E-state index contributed by atoms with van der Waals surface area (Å²) in [7, 11) is -3.76. The number of aliphatic hydroxyl groups is 2. The fraction of sp³-hybridized carbons (Fsp3) is 0.833. The number of aliphatic hydroxyl groups excluding tert-OH is 1. The minimum atomic E-state index is -3.76. The van der Waals surface area contributed by atoms with Crippen molar-refractivity contribution in [2.24, 2.45) is 46.3 Å². The molecule has 0 aliphatic heterocycles. The highest BCUT2D eigenvalue weighted by Crippen LogP contribution is 2.68. The second-order valence-electron chi connectivity index (χ2n) is 16.1. The molecule has 8 heteroatoms. The van der Waals surface area contributed by atoms with E-state index in [2.05, 4.69) is 20.8 Å². The van der Waals surface area contributed by atoms with Gasteiger partial charge in [-0.3, -0.25) is 0 Å². The molecule has 0 heterocycles. The second kappa shape index (κ2) is 12.2. The molecule has 2 N–H and O–H groups in total. The SMILES string of the molecule is C[C@H](C(CC1(O)CCC(OC(F)F)CC1)S(=O)(=O)c1ccccc1)[C@H]1CC[C@H]2[C@@H]3CCC4C[C@@H](O)CC[C@]4(C)C3CC[C@]12C. The summed E-state index contributed by atoms with van der Waals surface area (Å²) in [5.74, 6) is 2.59. The van der Waals surface area contributed by atoms with Crippen LogP contribution in [0.2, 0.25) is 0 Å². The zero-order chi connectivity index (χ0) is 31.5. The van der Waals surface area contributed by atoms with Crippen LogP contribution in [0.25, 0.3) is 0 Å². The number of alkyl halides is 2. The average Bonchev–Trinajstić information content (AvgIpc) is 3.35. The third-order valence-corrected chi connectivity index (χ3v) is 16.5. The number of sulfone groups is 1. The predicted octanol–water partition coefficient (Wildman–Crippen LogP) is 7.79. The van der Waals surface area contributed by atoms with E-state index in [9.17, 15) is 27.4 Å². The molecule has 0 spiro atoms. The number of fused-ring (bicyclic) bond motifs is 5. The van der Waals surface area contributed by atoms with E-state index in [4.69, 9.17) is 4.74 Å². The minimum absolute atomic E-state index is 0.0494. The molecule has 0 radical (unpaired) electrons. The Morgan fingerprint density at radius 3 is 2.23 bits per heavy atom. The van der Waals surface area contributed by atoms with Crippen LogP contribution in [-0.4, -0.2) is 48.3 Å². The van der Waals surface area contributed by atoms with Crippen LogP contribution >= 0.6 is 0 Å². The van der Waals surface area contributed by atoms with Gasteiger partial charge in [-0.1, -0.05) is 39.0 Å². The van der Waals surface area contributed by atoms with Crippen molar-refractivity contribution in [3.05, 3.63) is 30.3 Å². The van der Waals surface area contributed by atoms with Crippen LogP contribution < -0.4 is 0 Å². The van der Waals surface area contributed by atoms with Gasteiger partial charge >= 0.3 is 6.61 Å². The third-order valence-electron chi connectivity index (χ3n) is 14.1. The van der Waals surface area contributed by atoms with Crippen LogP contribution in [0.3, 0.4) is 0 Å². The molecule has 248 valence electrons. The molecule has 6 rings (SSSR count). The maximum atomic E-state index is 14.4. The van der Waals surface area contributed by atoms with Gasteiger partial charge in [-0.2, -0.15) is 8.78 Å². The quantitative estimate of drug-likeness (QED) is 0.304. The first-order valence-electron chi connectivity index (χ1n) is 17.4. The highest BCUT2D eigenvalue weighted by Gasteiger charge is 2.61. The van der Waals surface area contributed by atoms with E-state index in [1.807, 2.05) is 6.07 Å². The van der Waals surface area contributed by atoms with Crippen molar-refractivity contribution in [3.63, 3.8) is 0 Å². The van der Waals surface area contributed by atoms with Gasteiger partial charge in [0.1, 0.15) is 0 Å². The van der Waals surface area contributed by atoms with Crippen LogP contribution in [-0.2, 0) is 14.6 Å². The molecule has 0 bridgehead atoms. The maximum Gasteiger partial charge on any atom is 0.345 e. The van der Waals surface area contributed by atoms with Gasteiger partial charge < -0.3 is 14.9 Å². The zero-order valence-electron chi connectivity index (χ0n) is 26.8. The first kappa shape index (κ1) is 32.8. The van der Waals surface area contributed by atoms with Crippen molar-refractivity contribution in [1.82, 2.24) is 0 Å². The van der Waals surface area contributed by atoms with Crippen LogP contribution in [0.5, 0.6) is 0 Å². The van der Waals surface area contributed by atoms with Crippen molar-refractivity contribution >= 4 is 9.84 Å². The van der Waals surface area contributed by atoms with Crippen molar-refractivity contribution in [1.29, 1.82) is 0 Å². The Balaban J connectivity index is 1.25. The lowest BCUT2D eigenvalue weighted by Crippen LogP contribution is -2.54. The van der Waals surface area contributed by atoms with Crippen molar-refractivity contribution in [2.75, 3.05) is 0 Å². The lowest BCUT2D eigenvalue weighted by atomic mass is 9.44. The van der Waals surface area contributed by atoms with E-state index in [-0.39, 0.29) is 42.6 Å². The van der Waals surface area contributed by atoms with Gasteiger partial charge in [-0.15, -0.1) is 0 Å². The molecule has 3 unspecified atom stereocenters. The van der Waals surface area contributed by atoms with Crippen molar-refractivity contribution < 1.29 is 32.1 Å². The van der Waals surface area contributed by atoms with Crippen molar-refractivity contribution in [2.45, 2.75) is 145 Å². The van der Waals surface area contributed by atoms with Gasteiger partial charge in [0.2, 0.25) is 0 Å². The fourth-order valence-electron chi connectivity index (χ4n) is 11.8. The Labute approximate surface area is 263 Å². The number of halogens is 2. The summed E-state index contributed by atoms with van der Waals surface area (Å²) in [5, 5.41) is 21.4. The Morgan fingerprint density at radius 1 is 0.886 bits per heavy atom. The molecule has 5 saturated carbocycles. The summed E-state index contributed by atoms with van der Waals surface area (Å²) in [6.07, 6.45) is 10.3. The molecule has 0 amide bonds. The molecule has 5 nitrogen and oxygen atoms in total. The normalized spacial score (nSPS) is 44.0. The first-order valence-corrected chi connectivity index (χ1v) is 18.9. The Hall–Kier alpha value is -1.09. The summed E-state index contributed by atoms with van der Waals surface area (Å²) >= 11 is 0. The van der Waals surface area contributed by atoms with E-state index in [1.165, 1.54) is 19.3 Å². The Bertz CT molecular complexity index is 1250. The molecule has 5 aliphatic carbocycles. The largest absolute Gasteiger partial charge is 0.393 e. The monoisotopic (exact) mass is 636 g/mol. The number of ether oxygens (including phenoxy) is 1. The smallest absolute Gasteiger partial charge is 0.345 e. The average molecular weight is 637 g/mol. The Morgan fingerprint density at radius 2 is 1.55 bits per heavy atom. The van der Waals surface area contributed by atoms with Crippen LogP contribution in [0.4, 0.5) is 8.78 Å². The Kier molecular flexibility index (Phi) is 9.08. The van der Waals surface area contributed by atoms with Crippen LogP contribution in [0.15, 0.2) is 35.2 Å². The first-order chi connectivity index (χ1) is 20.8. The molecule has 0 aromatic heterocycles. The van der Waals surface area contributed by atoms with Crippen LogP contribution in [0, 0.1) is 46.3 Å². The minimum Gasteiger partial charge on any atom is -0.393 e. The summed E-state index contributed by atoms with van der Waals surface area (Å²) in [6.45, 7) is 4.22. The highest BCUT2D eigenvalue weighted by molar-refractivity contribution is 7.92. The van der Waals surface area contributed by atoms with E-state index < -0.39 is 33.4 Å². The zero-order valence-corrected chi connectivity index (χ0v) is 27.7. The molecule has 1 aromatic carbocycles. The van der Waals surface area contributed by atoms with Gasteiger partial charge in [0.15, 0.2) is 9.84 Å². The van der Waals surface area contributed by atoms with Gasteiger partial charge in [0.25, 0.3) is 0 Å². The number of hydrogen-bond donors (Lipinski definition) is 2. The number of rotatable bonds is 8. The third kappa shape index (κ3) is 5.81. The van der Waals surface area contributed by atoms with Gasteiger partial charge in [-0.05, 0) is 148 Å². The lowest BCUT2D eigenvalue weighted by molar-refractivity contribution is -0.181. The van der Waals surface area contributed by atoms with E-state index in [0.29, 0.717) is 46.8 Å². The second-order valence-corrected chi connectivity index (χ2v) is 18.3. The molecular weight excluding hydrogens is 582 g/mol. The maximum absolute atomic E-state index is 14.4. The molecule has 1 aromatic rings. The van der Waals surface area contributed by atoms with E-state index >= 15 is 0 Å².